The van der Waals surface area contributed by atoms with Crippen LogP contribution in [0.1, 0.15) is 45.4 Å². The van der Waals surface area contributed by atoms with Crippen LogP contribution in [0.4, 0.5) is 5.69 Å². The number of amides is 1. The number of aromatic nitrogens is 4. The molecule has 0 saturated heterocycles. The predicted molar refractivity (Wildman–Crippen MR) is 126 cm³/mol. The molecule has 9 heteroatoms. The molecule has 2 aromatic heterocycles. The lowest BCUT2D eigenvalue weighted by atomic mass is 9.97. The van der Waals surface area contributed by atoms with Crippen molar-refractivity contribution in [1.82, 2.24) is 20.3 Å². The highest BCUT2D eigenvalue weighted by molar-refractivity contribution is 5.90. The molecule has 1 amide bonds. The molecular formula is C25H27N5O4. The average Bonchev–Trinajstić information content (AvgIpc) is 3.50. The molecule has 0 fully saturated rings. The fourth-order valence-electron chi connectivity index (χ4n) is 3.19. The van der Waals surface area contributed by atoms with Gasteiger partial charge in [0.05, 0.1) is 7.11 Å². The lowest BCUT2D eigenvalue weighted by Gasteiger charge is -2.10. The summed E-state index contributed by atoms with van der Waals surface area (Å²) in [7, 11) is 1.62. The number of hydrogen-bond acceptors (Lipinski definition) is 8. The summed E-state index contributed by atoms with van der Waals surface area (Å²) in [5.74, 6) is 2.79. The van der Waals surface area contributed by atoms with Crippen molar-refractivity contribution >= 4 is 11.6 Å². The van der Waals surface area contributed by atoms with Crippen LogP contribution in [0, 0.1) is 0 Å². The maximum atomic E-state index is 12.3. The molecule has 176 valence electrons. The van der Waals surface area contributed by atoms with Gasteiger partial charge in [-0.15, -0.1) is 0 Å². The van der Waals surface area contributed by atoms with E-state index in [0.717, 1.165) is 16.9 Å². The van der Waals surface area contributed by atoms with Gasteiger partial charge in [0.25, 0.3) is 0 Å². The van der Waals surface area contributed by atoms with E-state index in [1.165, 1.54) is 0 Å². The van der Waals surface area contributed by atoms with Crippen molar-refractivity contribution in [3.8, 4) is 28.5 Å². The summed E-state index contributed by atoms with van der Waals surface area (Å²) in [4.78, 5) is 21.2. The van der Waals surface area contributed by atoms with Crippen LogP contribution in [0.15, 0.2) is 57.6 Å². The highest BCUT2D eigenvalue weighted by Gasteiger charge is 2.22. The highest BCUT2D eigenvalue weighted by atomic mass is 16.5. The third kappa shape index (κ3) is 5.67. The van der Waals surface area contributed by atoms with Crippen molar-refractivity contribution in [3.05, 3.63) is 60.3 Å². The lowest BCUT2D eigenvalue weighted by molar-refractivity contribution is -0.116. The van der Waals surface area contributed by atoms with Gasteiger partial charge in [-0.25, -0.2) is 0 Å². The van der Waals surface area contributed by atoms with Crippen LogP contribution in [-0.2, 0) is 16.6 Å². The van der Waals surface area contributed by atoms with E-state index in [1.54, 1.807) is 7.11 Å². The van der Waals surface area contributed by atoms with Crippen molar-refractivity contribution in [2.45, 2.75) is 45.4 Å². The van der Waals surface area contributed by atoms with Crippen molar-refractivity contribution in [1.29, 1.82) is 0 Å². The summed E-state index contributed by atoms with van der Waals surface area (Å²) in [6, 6.07) is 14.8. The first-order chi connectivity index (χ1) is 16.3. The van der Waals surface area contributed by atoms with E-state index in [9.17, 15) is 4.79 Å². The summed E-state index contributed by atoms with van der Waals surface area (Å²) in [6.07, 6.45) is 1.44. The van der Waals surface area contributed by atoms with Crippen LogP contribution in [0.3, 0.4) is 0 Å². The van der Waals surface area contributed by atoms with Crippen LogP contribution >= 0.6 is 0 Å². The standard InChI is InChI=1S/C25H27N5O4/c1-25(2,3)24-28-23(30-34-24)16-8-12-18(13-9-16)26-20(31)6-5-7-21-27-22(29-33-21)17-10-14-19(32-4)15-11-17/h8-15H,5-7H2,1-4H3,(H,26,31). The van der Waals surface area contributed by atoms with E-state index in [2.05, 4.69) is 25.6 Å². The second-order valence-electron chi connectivity index (χ2n) is 8.89. The normalized spacial score (nSPS) is 11.4. The zero-order valence-corrected chi connectivity index (χ0v) is 19.7. The zero-order valence-electron chi connectivity index (χ0n) is 19.7. The first-order valence-electron chi connectivity index (χ1n) is 11.0. The molecule has 1 N–H and O–H groups in total. The molecule has 0 aliphatic rings. The summed E-state index contributed by atoms with van der Waals surface area (Å²) in [6.45, 7) is 6.05. The molecule has 0 spiro atoms. The summed E-state index contributed by atoms with van der Waals surface area (Å²) in [5.41, 5.74) is 2.15. The maximum absolute atomic E-state index is 12.3. The fraction of sp³-hybridized carbons (Fsp3) is 0.320. The number of benzene rings is 2. The number of aryl methyl sites for hydroxylation is 1. The van der Waals surface area contributed by atoms with Gasteiger partial charge in [-0.2, -0.15) is 9.97 Å². The second kappa shape index (κ2) is 9.86. The largest absolute Gasteiger partial charge is 0.497 e. The first kappa shape index (κ1) is 23.2. The van der Waals surface area contributed by atoms with Crippen LogP contribution in [0.5, 0.6) is 5.75 Å². The van der Waals surface area contributed by atoms with E-state index in [1.807, 2.05) is 69.3 Å². The molecular weight excluding hydrogens is 434 g/mol. The Hall–Kier alpha value is -4.01. The van der Waals surface area contributed by atoms with Gasteiger partial charge in [-0.3, -0.25) is 4.79 Å². The Labute approximate surface area is 197 Å². The van der Waals surface area contributed by atoms with Crippen LogP contribution in [0.2, 0.25) is 0 Å². The minimum atomic E-state index is -0.211. The van der Waals surface area contributed by atoms with E-state index >= 15 is 0 Å². The van der Waals surface area contributed by atoms with Crippen molar-refractivity contribution in [3.63, 3.8) is 0 Å². The van der Waals surface area contributed by atoms with Crippen LogP contribution < -0.4 is 10.1 Å². The monoisotopic (exact) mass is 461 g/mol. The molecule has 0 aliphatic carbocycles. The number of rotatable bonds is 8. The van der Waals surface area contributed by atoms with E-state index in [0.29, 0.717) is 48.4 Å². The van der Waals surface area contributed by atoms with Crippen LogP contribution in [0.25, 0.3) is 22.8 Å². The summed E-state index contributed by atoms with van der Waals surface area (Å²) >= 11 is 0. The smallest absolute Gasteiger partial charge is 0.232 e. The van der Waals surface area contributed by atoms with Gasteiger partial charge in [-0.1, -0.05) is 31.1 Å². The number of nitrogens with zero attached hydrogens (tertiary/aromatic N) is 4. The third-order valence-corrected chi connectivity index (χ3v) is 5.11. The quantitative estimate of drug-likeness (QED) is 0.387. The topological polar surface area (TPSA) is 116 Å². The fourth-order valence-corrected chi connectivity index (χ4v) is 3.19. The average molecular weight is 462 g/mol. The van der Waals surface area contributed by atoms with Gasteiger partial charge in [0, 0.05) is 35.1 Å². The predicted octanol–water partition coefficient (Wildman–Crippen LogP) is 5.05. The number of hydrogen-bond donors (Lipinski definition) is 1. The minimum Gasteiger partial charge on any atom is -0.497 e. The first-order valence-corrected chi connectivity index (χ1v) is 11.0. The molecule has 2 aromatic carbocycles. The van der Waals surface area contributed by atoms with Crippen molar-refractivity contribution < 1.29 is 18.6 Å². The van der Waals surface area contributed by atoms with Crippen molar-refractivity contribution in [2.24, 2.45) is 0 Å². The third-order valence-electron chi connectivity index (χ3n) is 5.11. The van der Waals surface area contributed by atoms with E-state index in [4.69, 9.17) is 13.8 Å². The zero-order chi connectivity index (χ0) is 24.1. The number of carbonyl (C=O) groups is 1. The molecule has 0 radical (unpaired) electrons. The number of nitrogens with one attached hydrogen (secondary N) is 1. The van der Waals surface area contributed by atoms with Gasteiger partial charge in [-0.05, 0) is 55.0 Å². The van der Waals surface area contributed by atoms with Gasteiger partial charge >= 0.3 is 0 Å². The molecule has 0 saturated carbocycles. The van der Waals surface area contributed by atoms with Gasteiger partial charge in [0.2, 0.25) is 29.3 Å². The summed E-state index contributed by atoms with van der Waals surface area (Å²) < 4.78 is 15.8. The molecule has 4 aromatic rings. The van der Waals surface area contributed by atoms with E-state index < -0.39 is 0 Å². The number of anilines is 1. The SMILES string of the molecule is COc1ccc(-c2noc(CCCC(=O)Nc3ccc(-c4noc(C(C)(C)C)n4)cc3)n2)cc1. The van der Waals surface area contributed by atoms with E-state index in [-0.39, 0.29) is 11.3 Å². The Kier molecular flexibility index (Phi) is 6.72. The number of methoxy groups -OCH3 is 1. The van der Waals surface area contributed by atoms with Gasteiger partial charge < -0.3 is 19.1 Å². The molecule has 0 atom stereocenters. The van der Waals surface area contributed by atoms with Crippen molar-refractivity contribution in [2.75, 3.05) is 12.4 Å². The summed E-state index contributed by atoms with van der Waals surface area (Å²) in [5, 5.41) is 11.0. The maximum Gasteiger partial charge on any atom is 0.232 e. The Morgan fingerprint density at radius 2 is 1.53 bits per heavy atom. The Bertz CT molecular complexity index is 1240. The molecule has 2 heterocycles. The molecule has 4 rings (SSSR count). The van der Waals surface area contributed by atoms with Crippen LogP contribution in [-0.4, -0.2) is 33.3 Å². The Morgan fingerprint density at radius 1 is 0.912 bits per heavy atom. The van der Waals surface area contributed by atoms with Gasteiger partial charge in [0.1, 0.15) is 5.75 Å². The lowest BCUT2D eigenvalue weighted by Crippen LogP contribution is -2.11. The Morgan fingerprint density at radius 3 is 2.15 bits per heavy atom. The van der Waals surface area contributed by atoms with Gasteiger partial charge in [0.15, 0.2) is 0 Å². The highest BCUT2D eigenvalue weighted by Crippen LogP contribution is 2.25. The molecule has 9 nitrogen and oxygen atoms in total. The minimum absolute atomic E-state index is 0.0859. The number of carbonyl (C=O) groups excluding carboxylic acids is 1. The molecule has 34 heavy (non-hydrogen) atoms. The molecule has 0 unspecified atom stereocenters. The molecule has 0 aliphatic heterocycles. The Balaban J connectivity index is 1.26. The molecule has 0 bridgehead atoms. The second-order valence-corrected chi connectivity index (χ2v) is 8.89. The number of ether oxygens (including phenoxy) is 1.